The normalized spacial score (nSPS) is 11.1. The van der Waals surface area contributed by atoms with E-state index in [9.17, 15) is 0 Å². The summed E-state index contributed by atoms with van der Waals surface area (Å²) in [5.41, 5.74) is 0.986. The number of thioether (sulfide) groups is 1. The molecule has 0 radical (unpaired) electrons. The minimum absolute atomic E-state index is 0.715. The molecule has 6 nitrogen and oxygen atoms in total. The predicted molar refractivity (Wildman–Crippen MR) is 69.2 cm³/mol. The van der Waals surface area contributed by atoms with Crippen LogP contribution >= 0.6 is 11.8 Å². The molecule has 0 aliphatic carbocycles. The van der Waals surface area contributed by atoms with Crippen LogP contribution in [-0.4, -0.2) is 27.0 Å². The van der Waals surface area contributed by atoms with E-state index in [4.69, 9.17) is 4.52 Å². The Morgan fingerprint density at radius 1 is 1.44 bits per heavy atom. The molecule has 18 heavy (non-hydrogen) atoms. The topological polar surface area (TPSA) is 68.8 Å². The smallest absolute Gasteiger partial charge is 0.191 e. The van der Waals surface area contributed by atoms with Gasteiger partial charge in [-0.1, -0.05) is 23.8 Å². The summed E-state index contributed by atoms with van der Waals surface area (Å²) in [7, 11) is 3.86. The molecule has 0 atom stereocenters. The van der Waals surface area contributed by atoms with Crippen LogP contribution in [0.2, 0.25) is 0 Å². The zero-order chi connectivity index (χ0) is 13.0. The Hall–Kier alpha value is -1.34. The van der Waals surface area contributed by atoms with Gasteiger partial charge < -0.3 is 14.4 Å². The molecule has 0 aliphatic rings. The van der Waals surface area contributed by atoms with Crippen molar-refractivity contribution in [2.24, 2.45) is 7.05 Å². The van der Waals surface area contributed by atoms with E-state index in [-0.39, 0.29) is 0 Å². The molecular weight excluding hydrogens is 250 g/mol. The van der Waals surface area contributed by atoms with Crippen molar-refractivity contribution in [1.29, 1.82) is 0 Å². The van der Waals surface area contributed by atoms with Gasteiger partial charge in [0, 0.05) is 13.1 Å². The molecule has 0 amide bonds. The fraction of sp³-hybridized carbons (Fsp3) is 0.545. The first-order valence-electron chi connectivity index (χ1n) is 5.84. The van der Waals surface area contributed by atoms with E-state index in [2.05, 4.69) is 27.6 Å². The summed E-state index contributed by atoms with van der Waals surface area (Å²) in [4.78, 5) is 0. The third-order valence-corrected chi connectivity index (χ3v) is 3.62. The summed E-state index contributed by atoms with van der Waals surface area (Å²) in [6, 6.07) is 1.98. The fourth-order valence-electron chi connectivity index (χ4n) is 1.51. The van der Waals surface area contributed by atoms with Crippen LogP contribution in [0.4, 0.5) is 0 Å². The molecule has 2 heterocycles. The third kappa shape index (κ3) is 2.91. The quantitative estimate of drug-likeness (QED) is 0.797. The SMILES string of the molecule is CCc1cc(CSc2nnc(CNC)n2C)on1. The van der Waals surface area contributed by atoms with Gasteiger partial charge in [0.15, 0.2) is 5.16 Å². The molecule has 0 spiro atoms. The predicted octanol–water partition coefficient (Wildman–Crippen LogP) is 1.38. The number of nitrogens with zero attached hydrogens (tertiary/aromatic N) is 4. The standard InChI is InChI=1S/C11H17N5OS/c1-4-8-5-9(17-15-8)7-18-11-14-13-10(6-12-2)16(11)3/h5,12H,4,6-7H2,1-3H3. The maximum atomic E-state index is 5.23. The molecule has 0 saturated carbocycles. The fourth-order valence-corrected chi connectivity index (χ4v) is 2.31. The largest absolute Gasteiger partial charge is 0.360 e. The lowest BCUT2D eigenvalue weighted by Crippen LogP contribution is -2.10. The molecule has 0 aromatic carbocycles. The maximum Gasteiger partial charge on any atom is 0.191 e. The number of aromatic nitrogens is 4. The van der Waals surface area contributed by atoms with Gasteiger partial charge in [-0.2, -0.15) is 0 Å². The summed E-state index contributed by atoms with van der Waals surface area (Å²) in [6.45, 7) is 2.77. The number of hydrogen-bond acceptors (Lipinski definition) is 6. The minimum atomic E-state index is 0.715. The number of nitrogens with one attached hydrogen (secondary N) is 1. The molecule has 0 fully saturated rings. The second-order valence-corrected chi connectivity index (χ2v) is 4.86. The lowest BCUT2D eigenvalue weighted by molar-refractivity contribution is 0.389. The highest BCUT2D eigenvalue weighted by molar-refractivity contribution is 7.98. The van der Waals surface area contributed by atoms with Crippen molar-refractivity contribution in [3.05, 3.63) is 23.3 Å². The summed E-state index contributed by atoms with van der Waals surface area (Å²) in [6.07, 6.45) is 0.893. The first-order valence-corrected chi connectivity index (χ1v) is 6.83. The van der Waals surface area contributed by atoms with Crippen LogP contribution in [0.3, 0.4) is 0 Å². The first kappa shape index (κ1) is 13.1. The van der Waals surface area contributed by atoms with Gasteiger partial charge in [-0.25, -0.2) is 0 Å². The van der Waals surface area contributed by atoms with E-state index in [0.29, 0.717) is 6.54 Å². The Kier molecular flexibility index (Phi) is 4.38. The third-order valence-electron chi connectivity index (χ3n) is 2.57. The second-order valence-electron chi connectivity index (χ2n) is 3.91. The maximum absolute atomic E-state index is 5.23. The van der Waals surface area contributed by atoms with Crippen LogP contribution in [0.1, 0.15) is 24.2 Å². The van der Waals surface area contributed by atoms with Gasteiger partial charge in [0.1, 0.15) is 11.6 Å². The molecule has 2 aromatic rings. The summed E-state index contributed by atoms with van der Waals surface area (Å²) in [5.74, 6) is 2.51. The first-order chi connectivity index (χ1) is 8.74. The van der Waals surface area contributed by atoms with Crippen molar-refractivity contribution in [2.75, 3.05) is 7.05 Å². The van der Waals surface area contributed by atoms with E-state index < -0.39 is 0 Å². The van der Waals surface area contributed by atoms with Crippen LogP contribution in [0.25, 0.3) is 0 Å². The number of rotatable bonds is 6. The van der Waals surface area contributed by atoms with Crippen LogP contribution in [0, 0.1) is 0 Å². The van der Waals surface area contributed by atoms with Gasteiger partial charge in [0.25, 0.3) is 0 Å². The molecule has 0 aliphatic heterocycles. The van der Waals surface area contributed by atoms with Gasteiger partial charge in [-0.05, 0) is 13.5 Å². The molecule has 0 saturated heterocycles. The molecule has 98 valence electrons. The zero-order valence-electron chi connectivity index (χ0n) is 10.8. The highest BCUT2D eigenvalue weighted by Gasteiger charge is 2.10. The Morgan fingerprint density at radius 2 is 2.28 bits per heavy atom. The van der Waals surface area contributed by atoms with E-state index in [1.54, 1.807) is 11.8 Å². The van der Waals surface area contributed by atoms with Crippen molar-refractivity contribution in [1.82, 2.24) is 25.2 Å². The van der Waals surface area contributed by atoms with Crippen molar-refractivity contribution >= 4 is 11.8 Å². The van der Waals surface area contributed by atoms with Crippen molar-refractivity contribution in [3.63, 3.8) is 0 Å². The van der Waals surface area contributed by atoms with Crippen LogP contribution in [0.5, 0.6) is 0 Å². The molecular formula is C11H17N5OS. The van der Waals surface area contributed by atoms with Crippen molar-refractivity contribution < 1.29 is 4.52 Å². The van der Waals surface area contributed by atoms with Gasteiger partial charge in [0.2, 0.25) is 0 Å². The molecule has 2 aromatic heterocycles. The Balaban J connectivity index is 1.97. The van der Waals surface area contributed by atoms with E-state index >= 15 is 0 Å². The highest BCUT2D eigenvalue weighted by Crippen LogP contribution is 2.21. The summed E-state index contributed by atoms with van der Waals surface area (Å²) in [5, 5.41) is 16.2. The van der Waals surface area contributed by atoms with Crippen LogP contribution in [0.15, 0.2) is 15.7 Å². The second kappa shape index (κ2) is 6.01. The van der Waals surface area contributed by atoms with Gasteiger partial charge >= 0.3 is 0 Å². The Bertz CT molecular complexity index is 507. The van der Waals surface area contributed by atoms with Crippen LogP contribution < -0.4 is 5.32 Å². The Morgan fingerprint density at radius 3 is 2.94 bits per heavy atom. The monoisotopic (exact) mass is 267 g/mol. The average Bonchev–Trinajstić information content (AvgIpc) is 2.96. The average molecular weight is 267 g/mol. The molecule has 0 unspecified atom stereocenters. The van der Waals surface area contributed by atoms with E-state index in [1.165, 1.54) is 0 Å². The number of aryl methyl sites for hydroxylation is 1. The van der Waals surface area contributed by atoms with Crippen molar-refractivity contribution in [2.45, 2.75) is 30.8 Å². The lowest BCUT2D eigenvalue weighted by Gasteiger charge is -2.01. The molecule has 0 bridgehead atoms. The van der Waals surface area contributed by atoms with Gasteiger partial charge in [-0.15, -0.1) is 10.2 Å². The highest BCUT2D eigenvalue weighted by atomic mass is 32.2. The zero-order valence-corrected chi connectivity index (χ0v) is 11.6. The molecule has 7 heteroatoms. The van der Waals surface area contributed by atoms with Crippen molar-refractivity contribution in [3.8, 4) is 0 Å². The number of hydrogen-bond donors (Lipinski definition) is 1. The van der Waals surface area contributed by atoms with Gasteiger partial charge in [-0.3, -0.25) is 0 Å². The van der Waals surface area contributed by atoms with Crippen LogP contribution in [-0.2, 0) is 25.8 Å². The minimum Gasteiger partial charge on any atom is -0.360 e. The van der Waals surface area contributed by atoms with E-state index in [0.717, 1.165) is 34.6 Å². The van der Waals surface area contributed by atoms with E-state index in [1.807, 2.05) is 24.7 Å². The molecule has 2 rings (SSSR count). The Labute approximate surface area is 110 Å². The molecule has 1 N–H and O–H groups in total. The lowest BCUT2D eigenvalue weighted by atomic mass is 10.3. The summed E-state index contributed by atoms with van der Waals surface area (Å²) >= 11 is 1.60. The summed E-state index contributed by atoms with van der Waals surface area (Å²) < 4.78 is 7.22. The van der Waals surface area contributed by atoms with Gasteiger partial charge in [0.05, 0.1) is 18.0 Å².